The lowest BCUT2D eigenvalue weighted by Gasteiger charge is -1.95. The van der Waals surface area contributed by atoms with Crippen molar-refractivity contribution >= 4 is 44.3 Å². The minimum atomic E-state index is -0.522. The monoisotopic (exact) mass is 328 g/mol. The molecule has 6 heteroatoms. The predicted molar refractivity (Wildman–Crippen MR) is 51.3 cm³/mol. The van der Waals surface area contributed by atoms with Crippen LogP contribution in [-0.2, 0) is 0 Å². The zero-order valence-corrected chi connectivity index (χ0v) is 8.87. The van der Waals surface area contributed by atoms with Crippen LogP contribution >= 0.6 is 38.5 Å². The van der Waals surface area contributed by atoms with E-state index in [0.717, 1.165) is 3.57 Å². The van der Waals surface area contributed by atoms with Crippen LogP contribution in [0.25, 0.3) is 0 Å². The topological polar surface area (TPSA) is 56.0 Å². The number of nitro groups is 1. The van der Waals surface area contributed by atoms with Gasteiger partial charge >= 0.3 is 5.82 Å². The molecule has 0 fully saturated rings. The Hall–Kier alpha value is -0.240. The van der Waals surface area contributed by atoms with E-state index < -0.39 is 4.92 Å². The Morgan fingerprint density at radius 3 is 2.82 bits per heavy atom. The summed E-state index contributed by atoms with van der Waals surface area (Å²) in [6.45, 7) is 0. The summed E-state index contributed by atoms with van der Waals surface area (Å²) < 4.78 is 1.22. The minimum Gasteiger partial charge on any atom is -0.358 e. The van der Waals surface area contributed by atoms with Crippen molar-refractivity contribution in [1.82, 2.24) is 4.98 Å². The van der Waals surface area contributed by atoms with E-state index in [1.807, 2.05) is 22.6 Å². The highest BCUT2D eigenvalue weighted by atomic mass is 127. The van der Waals surface area contributed by atoms with Crippen LogP contribution in [0.1, 0.15) is 0 Å². The Kier molecular flexibility index (Phi) is 2.77. The molecule has 11 heavy (non-hydrogen) atoms. The van der Waals surface area contributed by atoms with Crippen molar-refractivity contribution in [3.05, 3.63) is 30.4 Å². The summed E-state index contributed by atoms with van der Waals surface area (Å²) in [6, 6.07) is 1.69. The third-order valence-corrected chi connectivity index (χ3v) is 3.42. The van der Waals surface area contributed by atoms with Crippen LogP contribution in [0.5, 0.6) is 0 Å². The second-order valence-electron chi connectivity index (χ2n) is 1.69. The van der Waals surface area contributed by atoms with E-state index in [2.05, 4.69) is 20.9 Å². The molecule has 0 unspecified atom stereocenters. The van der Waals surface area contributed by atoms with Crippen LogP contribution in [0.15, 0.2) is 16.7 Å². The number of hydrogen-bond donors (Lipinski definition) is 0. The summed E-state index contributed by atoms with van der Waals surface area (Å²) in [5.41, 5.74) is 0. The van der Waals surface area contributed by atoms with Gasteiger partial charge in [0, 0.05) is 3.57 Å². The van der Waals surface area contributed by atoms with Gasteiger partial charge in [-0.3, -0.25) is 0 Å². The highest BCUT2D eigenvalue weighted by Crippen LogP contribution is 2.26. The maximum atomic E-state index is 10.3. The third kappa shape index (κ3) is 1.86. The number of aromatic nitrogens is 1. The highest BCUT2D eigenvalue weighted by Gasteiger charge is 2.14. The van der Waals surface area contributed by atoms with Gasteiger partial charge in [0.2, 0.25) is 0 Å². The van der Waals surface area contributed by atoms with Gasteiger partial charge in [-0.1, -0.05) is 0 Å². The van der Waals surface area contributed by atoms with Crippen LogP contribution in [0.3, 0.4) is 0 Å². The predicted octanol–water partition coefficient (Wildman–Crippen LogP) is 2.36. The standard InChI is InChI=1S/C5H2BrIN2O2/c6-4-3(7)1-2-8-5(4)9(10)11/h1-2H. The van der Waals surface area contributed by atoms with Gasteiger partial charge in [0.1, 0.15) is 10.7 Å². The lowest BCUT2D eigenvalue weighted by atomic mass is 10.5. The molecule has 0 radical (unpaired) electrons. The van der Waals surface area contributed by atoms with E-state index in [0.29, 0.717) is 4.47 Å². The van der Waals surface area contributed by atoms with Gasteiger partial charge in [-0.2, -0.15) is 0 Å². The molecule has 0 saturated carbocycles. The second kappa shape index (κ2) is 3.44. The fourth-order valence-electron chi connectivity index (χ4n) is 0.537. The number of nitrogens with zero attached hydrogens (tertiary/aromatic N) is 2. The van der Waals surface area contributed by atoms with Gasteiger partial charge in [0.25, 0.3) is 0 Å². The average molecular weight is 329 g/mol. The van der Waals surface area contributed by atoms with Gasteiger partial charge in [-0.05, 0) is 54.5 Å². The van der Waals surface area contributed by atoms with Crippen molar-refractivity contribution in [2.45, 2.75) is 0 Å². The SMILES string of the molecule is O=[N+]([O-])c1nccc(I)c1Br. The van der Waals surface area contributed by atoms with E-state index in [-0.39, 0.29) is 5.82 Å². The molecule has 1 rings (SSSR count). The lowest BCUT2D eigenvalue weighted by molar-refractivity contribution is -0.390. The zero-order chi connectivity index (χ0) is 8.43. The maximum absolute atomic E-state index is 10.3. The highest BCUT2D eigenvalue weighted by molar-refractivity contribution is 14.1. The molecule has 4 nitrogen and oxygen atoms in total. The van der Waals surface area contributed by atoms with Crippen molar-refractivity contribution in [1.29, 1.82) is 0 Å². The molecule has 1 aromatic heterocycles. The quantitative estimate of drug-likeness (QED) is 0.452. The first-order chi connectivity index (χ1) is 5.13. The van der Waals surface area contributed by atoms with Gasteiger partial charge in [0.15, 0.2) is 0 Å². The summed E-state index contributed by atoms with van der Waals surface area (Å²) in [4.78, 5) is 13.3. The van der Waals surface area contributed by atoms with Crippen molar-refractivity contribution in [2.24, 2.45) is 0 Å². The molecular weight excluding hydrogens is 327 g/mol. The first kappa shape index (κ1) is 8.85. The molecule has 0 aliphatic heterocycles. The molecule has 1 aromatic rings. The Morgan fingerprint density at radius 2 is 2.36 bits per heavy atom. The van der Waals surface area contributed by atoms with Crippen molar-refractivity contribution in [3.63, 3.8) is 0 Å². The normalized spacial score (nSPS) is 9.64. The Balaban J connectivity index is 3.27. The van der Waals surface area contributed by atoms with Crippen LogP contribution in [-0.4, -0.2) is 9.91 Å². The van der Waals surface area contributed by atoms with E-state index in [4.69, 9.17) is 0 Å². The zero-order valence-electron chi connectivity index (χ0n) is 5.12. The lowest BCUT2D eigenvalue weighted by Crippen LogP contribution is -1.93. The van der Waals surface area contributed by atoms with Gasteiger partial charge in [-0.25, -0.2) is 0 Å². The van der Waals surface area contributed by atoms with E-state index in [1.54, 1.807) is 6.07 Å². The van der Waals surface area contributed by atoms with Crippen LogP contribution in [0.2, 0.25) is 0 Å². The Labute approximate surface area is 84.4 Å². The molecule has 0 spiro atoms. The van der Waals surface area contributed by atoms with Crippen molar-refractivity contribution in [2.75, 3.05) is 0 Å². The molecule has 0 N–H and O–H groups in total. The smallest absolute Gasteiger partial charge is 0.358 e. The molecule has 0 aliphatic carbocycles. The van der Waals surface area contributed by atoms with Crippen molar-refractivity contribution in [3.8, 4) is 0 Å². The summed E-state index contributed by atoms with van der Waals surface area (Å²) in [5.74, 6) is -0.142. The Morgan fingerprint density at radius 1 is 1.73 bits per heavy atom. The number of rotatable bonds is 1. The first-order valence-corrected chi connectivity index (χ1v) is 4.44. The number of pyridine rings is 1. The summed E-state index contributed by atoms with van der Waals surface area (Å²) >= 11 is 5.06. The number of halogens is 2. The van der Waals surface area contributed by atoms with Crippen LogP contribution in [0, 0.1) is 13.7 Å². The molecule has 0 saturated heterocycles. The first-order valence-electron chi connectivity index (χ1n) is 2.57. The fraction of sp³-hybridized carbons (Fsp3) is 0. The van der Waals surface area contributed by atoms with Crippen LogP contribution < -0.4 is 0 Å². The molecule has 0 bridgehead atoms. The van der Waals surface area contributed by atoms with Crippen molar-refractivity contribution < 1.29 is 4.92 Å². The van der Waals surface area contributed by atoms with Gasteiger partial charge in [-0.15, -0.1) is 0 Å². The molecule has 58 valence electrons. The molecule has 1 heterocycles. The summed E-state index contributed by atoms with van der Waals surface area (Å²) in [6.07, 6.45) is 1.41. The van der Waals surface area contributed by atoms with Crippen LogP contribution in [0.4, 0.5) is 5.82 Å². The number of hydrogen-bond acceptors (Lipinski definition) is 3. The van der Waals surface area contributed by atoms with E-state index in [9.17, 15) is 10.1 Å². The minimum absolute atomic E-state index is 0.142. The summed E-state index contributed by atoms with van der Waals surface area (Å²) in [5, 5.41) is 10.3. The van der Waals surface area contributed by atoms with E-state index in [1.165, 1.54) is 6.20 Å². The Bertz CT molecular complexity index is 305. The average Bonchev–Trinajstić information content (AvgIpc) is 1.94. The molecular formula is C5H2BrIN2O2. The molecule has 0 aliphatic rings. The maximum Gasteiger partial charge on any atom is 0.378 e. The third-order valence-electron chi connectivity index (χ3n) is 0.997. The molecule has 0 aromatic carbocycles. The van der Waals surface area contributed by atoms with E-state index >= 15 is 0 Å². The second-order valence-corrected chi connectivity index (χ2v) is 3.64. The fourth-order valence-corrected chi connectivity index (χ4v) is 1.32. The van der Waals surface area contributed by atoms with Gasteiger partial charge in [0.05, 0.1) is 0 Å². The largest absolute Gasteiger partial charge is 0.378 e. The van der Waals surface area contributed by atoms with Gasteiger partial charge < -0.3 is 10.1 Å². The summed E-state index contributed by atoms with van der Waals surface area (Å²) in [7, 11) is 0. The molecule has 0 amide bonds. The molecule has 0 atom stereocenters.